The van der Waals surface area contributed by atoms with E-state index in [4.69, 9.17) is 9.47 Å². The molecule has 0 spiro atoms. The first-order valence-corrected chi connectivity index (χ1v) is 31.5. The van der Waals surface area contributed by atoms with Gasteiger partial charge < -0.3 is 40.3 Å². The summed E-state index contributed by atoms with van der Waals surface area (Å²) in [6.45, 7) is 3.85. The highest BCUT2D eigenvalue weighted by atomic mass is 16.7. The van der Waals surface area contributed by atoms with Gasteiger partial charge in [0, 0.05) is 6.42 Å². The lowest BCUT2D eigenvalue weighted by Crippen LogP contribution is -2.60. The number of carbonyl (C=O) groups is 1. The van der Waals surface area contributed by atoms with Crippen LogP contribution < -0.4 is 5.32 Å². The Morgan fingerprint density at radius 1 is 0.472 bits per heavy atom. The van der Waals surface area contributed by atoms with E-state index < -0.39 is 49.5 Å². The van der Waals surface area contributed by atoms with Gasteiger partial charge in [-0.2, -0.15) is 0 Å². The minimum atomic E-state index is -1.55. The van der Waals surface area contributed by atoms with Crippen LogP contribution in [0.1, 0.15) is 316 Å². The molecule has 0 aliphatic carbocycles. The van der Waals surface area contributed by atoms with Crippen LogP contribution in [0, 0.1) is 0 Å². The SMILES string of the molecule is CCCCCCCCCCCCCCCCC/C=C\C/C=C\CCCCCCCCCCCCCCCCCCCC(=O)NC(COC1OC(CO)C(O)C(O)C1O)C(O)CCCCCCCCCCCC. The van der Waals surface area contributed by atoms with Gasteiger partial charge in [-0.25, -0.2) is 0 Å². The molecule has 72 heavy (non-hydrogen) atoms. The number of rotatable bonds is 55. The number of amides is 1. The molecule has 426 valence electrons. The van der Waals surface area contributed by atoms with Crippen LogP contribution >= 0.6 is 0 Å². The Morgan fingerprint density at radius 3 is 1.19 bits per heavy atom. The number of aliphatic hydroxyl groups is 5. The third kappa shape index (κ3) is 41.9. The zero-order valence-electron chi connectivity index (χ0n) is 47.5. The molecule has 9 heteroatoms. The minimum Gasteiger partial charge on any atom is -0.394 e. The van der Waals surface area contributed by atoms with Crippen molar-refractivity contribution in [3.05, 3.63) is 24.3 Å². The lowest BCUT2D eigenvalue weighted by molar-refractivity contribution is -0.302. The number of aliphatic hydroxyl groups excluding tert-OH is 5. The van der Waals surface area contributed by atoms with Gasteiger partial charge in [0.25, 0.3) is 0 Å². The summed E-state index contributed by atoms with van der Waals surface area (Å²) in [5, 5.41) is 54.5. The summed E-state index contributed by atoms with van der Waals surface area (Å²) in [5.74, 6) is -0.142. The van der Waals surface area contributed by atoms with Crippen molar-refractivity contribution in [2.24, 2.45) is 0 Å². The molecule has 9 nitrogen and oxygen atoms in total. The maximum absolute atomic E-state index is 13.0. The Hall–Kier alpha value is -1.33. The normalized spacial score (nSPS) is 19.2. The minimum absolute atomic E-state index is 0.135. The van der Waals surface area contributed by atoms with Crippen molar-refractivity contribution in [3.63, 3.8) is 0 Å². The predicted octanol–water partition coefficient (Wildman–Crippen LogP) is 16.1. The highest BCUT2D eigenvalue weighted by Crippen LogP contribution is 2.23. The molecule has 0 radical (unpaired) electrons. The van der Waals surface area contributed by atoms with Crippen molar-refractivity contribution in [1.29, 1.82) is 0 Å². The zero-order valence-corrected chi connectivity index (χ0v) is 47.5. The topological polar surface area (TPSA) is 149 Å². The number of allylic oxidation sites excluding steroid dienone is 4. The number of nitrogens with one attached hydrogen (secondary N) is 1. The van der Waals surface area contributed by atoms with Crippen molar-refractivity contribution >= 4 is 5.91 Å². The Bertz CT molecular complexity index is 1180. The summed E-state index contributed by atoms with van der Waals surface area (Å²) in [5.41, 5.74) is 0. The number of hydrogen-bond acceptors (Lipinski definition) is 8. The van der Waals surface area contributed by atoms with Crippen LogP contribution in [0.4, 0.5) is 0 Å². The van der Waals surface area contributed by atoms with Crippen molar-refractivity contribution in [3.8, 4) is 0 Å². The summed E-state index contributed by atoms with van der Waals surface area (Å²) < 4.78 is 11.3. The van der Waals surface area contributed by atoms with E-state index in [1.54, 1.807) is 0 Å². The standard InChI is InChI=1S/C63H121NO8/c1-3-5-7-9-11-13-15-16-17-18-19-20-21-22-23-24-25-26-27-28-29-30-31-32-33-34-35-36-37-38-39-40-41-42-43-45-47-49-51-53-59(67)64-56(55-71-63-62(70)61(69)60(68)58(54-65)72-63)57(66)52-50-48-46-44-14-12-10-8-6-4-2/h25-26,28-29,56-58,60-63,65-66,68-70H,3-24,27,30-55H2,1-2H3,(H,64,67)/b26-25-,29-28-. The van der Waals surface area contributed by atoms with Gasteiger partial charge in [0.2, 0.25) is 5.91 Å². The second-order valence-corrected chi connectivity index (χ2v) is 22.2. The second-order valence-electron chi connectivity index (χ2n) is 22.2. The third-order valence-corrected chi connectivity index (χ3v) is 15.3. The molecule has 1 rings (SSSR count). The first kappa shape index (κ1) is 68.7. The van der Waals surface area contributed by atoms with Gasteiger partial charge in [-0.3, -0.25) is 4.79 Å². The highest BCUT2D eigenvalue weighted by molar-refractivity contribution is 5.76. The number of hydrogen-bond donors (Lipinski definition) is 6. The van der Waals surface area contributed by atoms with Gasteiger partial charge in [-0.1, -0.05) is 289 Å². The highest BCUT2D eigenvalue weighted by Gasteiger charge is 2.44. The van der Waals surface area contributed by atoms with Gasteiger partial charge in [-0.05, 0) is 44.9 Å². The van der Waals surface area contributed by atoms with E-state index in [0.29, 0.717) is 12.8 Å². The van der Waals surface area contributed by atoms with Gasteiger partial charge in [0.15, 0.2) is 6.29 Å². The first-order valence-electron chi connectivity index (χ1n) is 31.5. The van der Waals surface area contributed by atoms with Crippen LogP contribution in [-0.4, -0.2) is 87.5 Å². The molecule has 6 N–H and O–H groups in total. The molecule has 1 saturated heterocycles. The molecule has 1 aliphatic rings. The maximum atomic E-state index is 13.0. The molecule has 1 heterocycles. The van der Waals surface area contributed by atoms with Crippen LogP contribution in [0.25, 0.3) is 0 Å². The Morgan fingerprint density at radius 2 is 0.819 bits per heavy atom. The molecule has 1 fully saturated rings. The smallest absolute Gasteiger partial charge is 0.220 e. The zero-order chi connectivity index (χ0) is 52.2. The molecule has 0 aromatic heterocycles. The summed E-state index contributed by atoms with van der Waals surface area (Å²) in [6, 6.07) is -0.715. The van der Waals surface area contributed by atoms with Gasteiger partial charge >= 0.3 is 0 Å². The molecule has 1 amide bonds. The largest absolute Gasteiger partial charge is 0.394 e. The van der Waals surface area contributed by atoms with E-state index in [9.17, 15) is 30.3 Å². The number of unbranched alkanes of at least 4 members (excludes halogenated alkanes) is 41. The van der Waals surface area contributed by atoms with Gasteiger partial charge in [-0.15, -0.1) is 0 Å². The maximum Gasteiger partial charge on any atom is 0.220 e. The summed E-state index contributed by atoms with van der Waals surface area (Å²) >= 11 is 0. The van der Waals surface area contributed by atoms with Crippen molar-refractivity contribution < 1.29 is 39.8 Å². The first-order chi connectivity index (χ1) is 35.3. The van der Waals surface area contributed by atoms with Gasteiger partial charge in [0.1, 0.15) is 24.4 Å². The molecule has 1 aliphatic heterocycles. The average Bonchev–Trinajstić information content (AvgIpc) is 3.38. The fourth-order valence-electron chi connectivity index (χ4n) is 10.3. The fourth-order valence-corrected chi connectivity index (χ4v) is 10.3. The van der Waals surface area contributed by atoms with Crippen LogP contribution in [0.5, 0.6) is 0 Å². The number of carbonyl (C=O) groups excluding carboxylic acids is 1. The Labute approximate surface area is 445 Å². The van der Waals surface area contributed by atoms with Crippen molar-refractivity contribution in [2.45, 2.75) is 358 Å². The van der Waals surface area contributed by atoms with Gasteiger partial charge in [0.05, 0.1) is 25.4 Å². The molecule has 7 unspecified atom stereocenters. The summed E-state index contributed by atoms with van der Waals surface area (Å²) in [7, 11) is 0. The van der Waals surface area contributed by atoms with E-state index >= 15 is 0 Å². The van der Waals surface area contributed by atoms with E-state index in [-0.39, 0.29) is 12.5 Å². The monoisotopic (exact) mass is 1020 g/mol. The van der Waals surface area contributed by atoms with Crippen molar-refractivity contribution in [2.75, 3.05) is 13.2 Å². The molecule has 0 bridgehead atoms. The average molecular weight is 1020 g/mol. The van der Waals surface area contributed by atoms with E-state index in [0.717, 1.165) is 44.9 Å². The summed E-state index contributed by atoms with van der Waals surface area (Å²) in [6.07, 6.45) is 61.2. The lowest BCUT2D eigenvalue weighted by Gasteiger charge is -2.40. The van der Waals surface area contributed by atoms with Crippen LogP contribution in [0.2, 0.25) is 0 Å². The van der Waals surface area contributed by atoms with Crippen LogP contribution in [0.15, 0.2) is 24.3 Å². The molecule has 7 atom stereocenters. The van der Waals surface area contributed by atoms with Crippen LogP contribution in [-0.2, 0) is 14.3 Å². The lowest BCUT2D eigenvalue weighted by atomic mass is 9.99. The molecule has 0 saturated carbocycles. The predicted molar refractivity (Wildman–Crippen MR) is 304 cm³/mol. The molecular weight excluding hydrogens is 899 g/mol. The quantitative estimate of drug-likeness (QED) is 0.0261. The fraction of sp³-hybridized carbons (Fsp3) is 0.921. The molecule has 0 aromatic carbocycles. The summed E-state index contributed by atoms with van der Waals surface area (Å²) in [4.78, 5) is 13.0. The van der Waals surface area contributed by atoms with E-state index in [1.807, 2.05) is 0 Å². The molecular formula is C63H121NO8. The van der Waals surface area contributed by atoms with Crippen LogP contribution in [0.3, 0.4) is 0 Å². The second kappa shape index (κ2) is 53.1. The van der Waals surface area contributed by atoms with E-state index in [1.165, 1.54) is 244 Å². The third-order valence-electron chi connectivity index (χ3n) is 15.3. The molecule has 0 aromatic rings. The Kier molecular flexibility index (Phi) is 50.6. The van der Waals surface area contributed by atoms with Crippen molar-refractivity contribution in [1.82, 2.24) is 5.32 Å². The number of ether oxygens (including phenoxy) is 2. The Balaban J connectivity index is 2.00. The van der Waals surface area contributed by atoms with E-state index in [2.05, 4.69) is 43.5 Å².